The monoisotopic (exact) mass is 212 g/mol. The van der Waals surface area contributed by atoms with Crippen molar-refractivity contribution < 1.29 is 61.3 Å². The van der Waals surface area contributed by atoms with Gasteiger partial charge in [-0.25, -0.2) is 0 Å². The number of hydrogen-bond donors (Lipinski definition) is 1. The number of nitrogens with one attached hydrogen (secondary N) is 1. The van der Waals surface area contributed by atoms with Gasteiger partial charge in [0.15, 0.2) is 0 Å². The predicted octanol–water partition coefficient (Wildman–Crippen LogP) is -4.57. The Hall–Kier alpha value is 0.526. The molecule has 0 radical (unpaired) electrons. The second-order valence-electron chi connectivity index (χ2n) is 1.77. The Labute approximate surface area is 115 Å². The van der Waals surface area contributed by atoms with Crippen LogP contribution in [0.2, 0.25) is 0 Å². The molecule has 1 heterocycles. The van der Waals surface area contributed by atoms with Gasteiger partial charge in [-0.1, -0.05) is 11.8 Å². The molecule has 1 atom stereocenters. The number of rotatable bonds is 3. The van der Waals surface area contributed by atoms with Crippen LogP contribution in [0, 0.1) is 0 Å². The number of carboxylic acid groups (broad SMARTS) is 1. The first-order valence-electron chi connectivity index (χ1n) is 2.81. The third kappa shape index (κ3) is 3.96. The van der Waals surface area contributed by atoms with Crippen molar-refractivity contribution in [3.8, 4) is 0 Å². The zero-order valence-electron chi connectivity index (χ0n) is 6.64. The van der Waals surface area contributed by atoms with Crippen molar-refractivity contribution in [1.29, 1.82) is 0 Å². The number of H-pyrrole nitrogens is 1. The van der Waals surface area contributed by atoms with Gasteiger partial charge in [0.25, 0.3) is 0 Å². The van der Waals surface area contributed by atoms with Crippen LogP contribution in [-0.4, -0.2) is 31.8 Å². The molecule has 0 aliphatic rings. The minimum absolute atomic E-state index is 0. The van der Waals surface area contributed by atoms with Crippen molar-refractivity contribution >= 4 is 17.7 Å². The Balaban J connectivity index is 0.00000121. The molecule has 0 aliphatic carbocycles. The molecule has 0 spiro atoms. The molecule has 1 unspecified atom stereocenters. The van der Waals surface area contributed by atoms with E-state index < -0.39 is 11.2 Å². The molecular formula is C4H5KN4O2S. The third-order valence-corrected chi connectivity index (χ3v) is 1.87. The molecule has 8 heteroatoms. The van der Waals surface area contributed by atoms with Crippen LogP contribution in [0.4, 0.5) is 0 Å². The van der Waals surface area contributed by atoms with Crippen LogP contribution < -0.4 is 56.5 Å². The summed E-state index contributed by atoms with van der Waals surface area (Å²) in [6.45, 7) is 1.50. The minimum Gasteiger partial charge on any atom is -0.549 e. The fraction of sp³-hybridized carbons (Fsp3) is 0.500. The van der Waals surface area contributed by atoms with Crippen LogP contribution in [0.5, 0.6) is 0 Å². The van der Waals surface area contributed by atoms with E-state index in [1.807, 2.05) is 0 Å². The van der Waals surface area contributed by atoms with Gasteiger partial charge in [0.05, 0.1) is 5.97 Å². The molecule has 0 amide bonds. The Morgan fingerprint density at radius 3 is 2.83 bits per heavy atom. The van der Waals surface area contributed by atoms with Gasteiger partial charge in [0.2, 0.25) is 5.16 Å². The van der Waals surface area contributed by atoms with E-state index in [1.54, 1.807) is 0 Å². The van der Waals surface area contributed by atoms with Crippen LogP contribution in [0.15, 0.2) is 5.16 Å². The van der Waals surface area contributed by atoms with E-state index >= 15 is 0 Å². The molecule has 0 saturated heterocycles. The largest absolute Gasteiger partial charge is 1.00 e. The van der Waals surface area contributed by atoms with E-state index in [0.717, 1.165) is 11.8 Å². The summed E-state index contributed by atoms with van der Waals surface area (Å²) in [5.41, 5.74) is 0. The summed E-state index contributed by atoms with van der Waals surface area (Å²) in [6, 6.07) is 0. The number of tetrazole rings is 1. The number of aliphatic carboxylic acids is 1. The van der Waals surface area contributed by atoms with E-state index in [-0.39, 0.29) is 51.4 Å². The Morgan fingerprint density at radius 2 is 2.42 bits per heavy atom. The number of aromatic amines is 1. The van der Waals surface area contributed by atoms with Crippen molar-refractivity contribution in [2.24, 2.45) is 0 Å². The summed E-state index contributed by atoms with van der Waals surface area (Å²) < 4.78 is 0. The summed E-state index contributed by atoms with van der Waals surface area (Å²) in [6.07, 6.45) is 0. The summed E-state index contributed by atoms with van der Waals surface area (Å²) in [7, 11) is 0. The van der Waals surface area contributed by atoms with E-state index in [1.165, 1.54) is 6.92 Å². The fourth-order valence-electron chi connectivity index (χ4n) is 0.409. The Kier molecular flexibility index (Phi) is 6.32. The molecule has 0 saturated carbocycles. The van der Waals surface area contributed by atoms with E-state index in [0.29, 0.717) is 5.16 Å². The minimum atomic E-state index is -1.14. The smallest absolute Gasteiger partial charge is 0.549 e. The average molecular weight is 212 g/mol. The van der Waals surface area contributed by atoms with E-state index in [2.05, 4.69) is 20.6 Å². The first-order valence-corrected chi connectivity index (χ1v) is 3.69. The van der Waals surface area contributed by atoms with E-state index in [4.69, 9.17) is 0 Å². The van der Waals surface area contributed by atoms with Gasteiger partial charge in [-0.2, -0.15) is 5.21 Å². The Bertz CT molecular complexity index is 241. The molecule has 1 rings (SSSR count). The molecule has 0 aliphatic heterocycles. The standard InChI is InChI=1S/C4H6N4O2S.K/c1-2(3(9)10)11-4-5-7-8-6-4;/h2H,1H3,(H,9,10)(H,5,6,7,8);/q;+1/p-1. The van der Waals surface area contributed by atoms with Crippen LogP contribution in [0.1, 0.15) is 6.92 Å². The molecule has 1 aromatic heterocycles. The average Bonchev–Trinajstić information content (AvgIpc) is 2.39. The summed E-state index contributed by atoms with van der Waals surface area (Å²) in [5, 5.41) is 22.5. The molecule has 1 aromatic rings. The van der Waals surface area contributed by atoms with Crippen LogP contribution in [-0.2, 0) is 4.79 Å². The van der Waals surface area contributed by atoms with E-state index in [9.17, 15) is 9.90 Å². The van der Waals surface area contributed by atoms with Crippen LogP contribution in [0.25, 0.3) is 0 Å². The summed E-state index contributed by atoms with van der Waals surface area (Å²) in [5.74, 6) is -1.14. The molecule has 0 bridgehead atoms. The Morgan fingerprint density at radius 1 is 1.75 bits per heavy atom. The van der Waals surface area contributed by atoms with Crippen molar-refractivity contribution in [2.45, 2.75) is 17.3 Å². The normalized spacial score (nSPS) is 11.8. The van der Waals surface area contributed by atoms with Crippen molar-refractivity contribution in [3.05, 3.63) is 0 Å². The molecule has 0 fully saturated rings. The number of nitrogens with zero attached hydrogens (tertiary/aromatic N) is 3. The SMILES string of the molecule is CC(Sc1nn[nH]n1)C(=O)[O-].[K+]. The van der Waals surface area contributed by atoms with Crippen molar-refractivity contribution in [1.82, 2.24) is 20.6 Å². The summed E-state index contributed by atoms with van der Waals surface area (Å²) >= 11 is 0.980. The van der Waals surface area contributed by atoms with Gasteiger partial charge >= 0.3 is 51.4 Å². The zero-order chi connectivity index (χ0) is 8.27. The summed E-state index contributed by atoms with van der Waals surface area (Å²) in [4.78, 5) is 10.2. The fourth-order valence-corrected chi connectivity index (χ4v) is 1.00. The second-order valence-corrected chi connectivity index (χ2v) is 3.08. The second kappa shape index (κ2) is 6.05. The number of hydrogen-bond acceptors (Lipinski definition) is 6. The van der Waals surface area contributed by atoms with Crippen LogP contribution in [0.3, 0.4) is 0 Å². The molecular weight excluding hydrogens is 207 g/mol. The third-order valence-electron chi connectivity index (χ3n) is 0.940. The van der Waals surface area contributed by atoms with Crippen molar-refractivity contribution in [3.63, 3.8) is 0 Å². The molecule has 12 heavy (non-hydrogen) atoms. The van der Waals surface area contributed by atoms with Gasteiger partial charge < -0.3 is 9.90 Å². The van der Waals surface area contributed by atoms with Gasteiger partial charge in [-0.05, 0) is 12.1 Å². The van der Waals surface area contributed by atoms with Gasteiger partial charge in [-0.3, -0.25) is 0 Å². The topological polar surface area (TPSA) is 94.6 Å². The van der Waals surface area contributed by atoms with Gasteiger partial charge in [0.1, 0.15) is 0 Å². The number of carboxylic acids is 1. The molecule has 60 valence electrons. The molecule has 6 nitrogen and oxygen atoms in total. The number of carbonyl (C=O) groups excluding carboxylic acids is 1. The molecule has 0 aromatic carbocycles. The van der Waals surface area contributed by atoms with Gasteiger partial charge in [-0.15, -0.1) is 10.2 Å². The maximum absolute atomic E-state index is 10.2. The number of aromatic nitrogens is 4. The molecule has 1 N–H and O–H groups in total. The quantitative estimate of drug-likeness (QED) is 0.400. The number of carbonyl (C=O) groups is 1. The first kappa shape index (κ1) is 12.5. The predicted molar refractivity (Wildman–Crippen MR) is 34.5 cm³/mol. The maximum atomic E-state index is 10.2. The van der Waals surface area contributed by atoms with Crippen molar-refractivity contribution in [2.75, 3.05) is 0 Å². The van der Waals surface area contributed by atoms with Gasteiger partial charge in [0, 0.05) is 5.25 Å². The number of thioether (sulfide) groups is 1. The zero-order valence-corrected chi connectivity index (χ0v) is 10.6. The maximum Gasteiger partial charge on any atom is 1.00 e. The van der Waals surface area contributed by atoms with Crippen LogP contribution >= 0.6 is 11.8 Å². The first-order chi connectivity index (χ1) is 5.20.